The zero-order valence-electron chi connectivity index (χ0n) is 12.5. The van der Waals surface area contributed by atoms with Gasteiger partial charge in [-0.1, -0.05) is 27.2 Å². The molecule has 0 fully saturated rings. The predicted octanol–water partition coefficient (Wildman–Crippen LogP) is 2.90. The summed E-state index contributed by atoms with van der Waals surface area (Å²) >= 11 is 0. The minimum absolute atomic E-state index is 0.320. The number of unbranched alkanes of at least 4 members (excludes halogenated alkanes) is 1. The Kier molecular flexibility index (Phi) is 7.66. The Morgan fingerprint density at radius 2 is 1.72 bits per heavy atom. The monoisotopic (exact) mass is 296 g/mol. The third-order valence-electron chi connectivity index (χ3n) is 2.32. The summed E-state index contributed by atoms with van der Waals surface area (Å²) in [6.07, 6.45) is 4.24. The van der Waals surface area contributed by atoms with Gasteiger partial charge in [0, 0.05) is 0 Å². The van der Waals surface area contributed by atoms with Crippen molar-refractivity contribution in [2.45, 2.75) is 65.8 Å². The number of hydrogen-bond donors (Lipinski definition) is 0. The predicted molar refractivity (Wildman–Crippen MR) is 77.6 cm³/mol. The van der Waals surface area contributed by atoms with Gasteiger partial charge >= 0.3 is 0 Å². The lowest BCUT2D eigenvalue weighted by molar-refractivity contribution is 0.00202. The molecule has 6 heteroatoms. The quantitative estimate of drug-likeness (QED) is 0.299. The summed E-state index contributed by atoms with van der Waals surface area (Å²) in [6.45, 7) is 10.6. The fraction of sp³-hybridized carbons (Fsp3) is 1.00. The van der Waals surface area contributed by atoms with Gasteiger partial charge in [0.25, 0.3) is 10.1 Å². The fourth-order valence-corrected chi connectivity index (χ4v) is 3.01. The van der Waals surface area contributed by atoms with Gasteiger partial charge in [0.2, 0.25) is 0 Å². The van der Waals surface area contributed by atoms with E-state index in [4.69, 9.17) is 8.61 Å². The van der Waals surface area contributed by atoms with Crippen molar-refractivity contribution < 1.29 is 17.0 Å². The van der Waals surface area contributed by atoms with Crippen LogP contribution in [0.15, 0.2) is 0 Å². The molecule has 0 spiro atoms. The maximum absolute atomic E-state index is 11.1. The van der Waals surface area contributed by atoms with Gasteiger partial charge in [-0.15, -0.1) is 0 Å². The highest BCUT2D eigenvalue weighted by Crippen LogP contribution is 2.23. The second-order valence-electron chi connectivity index (χ2n) is 6.22. The minimum atomic E-state index is -3.44. The molecule has 1 atom stereocenters. The van der Waals surface area contributed by atoms with Gasteiger partial charge < -0.3 is 4.43 Å². The maximum Gasteiger partial charge on any atom is 0.266 e. The Bertz CT molecular complexity index is 319. The highest BCUT2D eigenvalue weighted by atomic mass is 32.2. The van der Waals surface area contributed by atoms with Crippen molar-refractivity contribution in [2.24, 2.45) is 5.41 Å². The van der Waals surface area contributed by atoms with Crippen LogP contribution in [0.5, 0.6) is 0 Å². The summed E-state index contributed by atoms with van der Waals surface area (Å²) in [4.78, 5) is 0. The molecule has 0 radical (unpaired) electrons. The fourth-order valence-electron chi connectivity index (χ4n) is 1.60. The molecule has 0 saturated carbocycles. The third kappa shape index (κ3) is 12.5. The van der Waals surface area contributed by atoms with E-state index in [2.05, 4.69) is 20.8 Å². The molecule has 0 rings (SSSR count). The molecule has 0 aliphatic rings. The Balaban J connectivity index is 4.10. The molecule has 0 amide bonds. The van der Waals surface area contributed by atoms with Crippen LogP contribution in [0.25, 0.3) is 0 Å². The molecule has 0 bridgehead atoms. The Morgan fingerprint density at radius 1 is 1.17 bits per heavy atom. The molecule has 18 heavy (non-hydrogen) atoms. The number of hydrogen-bond acceptors (Lipinski definition) is 4. The second-order valence-corrected chi connectivity index (χ2v) is 10.2. The van der Waals surface area contributed by atoms with E-state index in [1.807, 2.05) is 13.1 Å². The zero-order chi connectivity index (χ0) is 14.4. The minimum Gasteiger partial charge on any atom is -0.395 e. The van der Waals surface area contributed by atoms with E-state index in [9.17, 15) is 8.42 Å². The summed E-state index contributed by atoms with van der Waals surface area (Å²) in [7, 11) is -4.73. The van der Waals surface area contributed by atoms with E-state index in [0.29, 0.717) is 11.8 Å². The topological polar surface area (TPSA) is 52.6 Å². The van der Waals surface area contributed by atoms with E-state index in [1.165, 1.54) is 0 Å². The smallest absolute Gasteiger partial charge is 0.266 e. The molecular weight excluding hydrogens is 268 g/mol. The molecule has 0 heterocycles. The lowest BCUT2D eigenvalue weighted by Gasteiger charge is -2.21. The van der Waals surface area contributed by atoms with Crippen molar-refractivity contribution in [1.82, 2.24) is 0 Å². The van der Waals surface area contributed by atoms with Gasteiger partial charge in [0.1, 0.15) is 0 Å². The molecule has 0 saturated heterocycles. The van der Waals surface area contributed by atoms with Crippen LogP contribution in [0, 0.1) is 5.41 Å². The van der Waals surface area contributed by atoms with E-state index in [-0.39, 0.29) is 0 Å². The lowest BCUT2D eigenvalue weighted by Crippen LogP contribution is -2.26. The lowest BCUT2D eigenvalue weighted by atomic mass is 9.89. The molecule has 0 aromatic heterocycles. The number of rotatable bonds is 8. The Morgan fingerprint density at radius 3 is 2.11 bits per heavy atom. The van der Waals surface area contributed by atoms with Crippen molar-refractivity contribution in [1.29, 1.82) is 0 Å². The average Bonchev–Trinajstić information content (AvgIpc) is 2.06. The van der Waals surface area contributed by atoms with Crippen LogP contribution in [0.1, 0.15) is 46.5 Å². The molecule has 0 aliphatic heterocycles. The van der Waals surface area contributed by atoms with Crippen LogP contribution in [0.3, 0.4) is 0 Å². The van der Waals surface area contributed by atoms with Crippen molar-refractivity contribution in [3.63, 3.8) is 0 Å². The van der Waals surface area contributed by atoms with Crippen LogP contribution < -0.4 is 0 Å². The first-order valence-electron chi connectivity index (χ1n) is 6.53. The highest BCUT2D eigenvalue weighted by molar-refractivity contribution is 7.86. The molecule has 110 valence electrons. The Hall–Kier alpha value is 0.0869. The van der Waals surface area contributed by atoms with E-state index >= 15 is 0 Å². The van der Waals surface area contributed by atoms with Gasteiger partial charge in [-0.25, -0.2) is 4.18 Å². The van der Waals surface area contributed by atoms with Crippen LogP contribution >= 0.6 is 0 Å². The van der Waals surface area contributed by atoms with Crippen molar-refractivity contribution in [3.05, 3.63) is 0 Å². The molecule has 0 aromatic rings. The van der Waals surface area contributed by atoms with Gasteiger partial charge in [-0.05, 0) is 37.8 Å². The molecule has 1 unspecified atom stereocenters. The summed E-state index contributed by atoms with van der Waals surface area (Å²) in [5, 5.41) is 0. The normalized spacial score (nSPS) is 15.1. The van der Waals surface area contributed by atoms with Crippen LogP contribution in [-0.2, 0) is 18.7 Å². The molecule has 0 aliphatic carbocycles. The maximum atomic E-state index is 11.1. The molecular formula is C12H28O4SSi. The van der Waals surface area contributed by atoms with Gasteiger partial charge in [0.15, 0.2) is 15.3 Å². The van der Waals surface area contributed by atoms with E-state index in [1.54, 1.807) is 0 Å². The first-order chi connectivity index (χ1) is 7.99. The average molecular weight is 297 g/mol. The third-order valence-corrected chi connectivity index (χ3v) is 3.73. The molecule has 0 aromatic carbocycles. The largest absolute Gasteiger partial charge is 0.395 e. The molecule has 4 nitrogen and oxygen atoms in total. The van der Waals surface area contributed by atoms with Crippen molar-refractivity contribution >= 4 is 19.2 Å². The van der Waals surface area contributed by atoms with Crippen LogP contribution in [0.4, 0.5) is 0 Å². The van der Waals surface area contributed by atoms with Gasteiger partial charge in [0.05, 0.1) is 6.26 Å². The molecule has 0 N–H and O–H groups in total. The SMILES string of the molecule is C[SiH](C)OC(CCCCC(C)(C)C)OS(C)(=O)=O. The van der Waals surface area contributed by atoms with Gasteiger partial charge in [-0.2, -0.15) is 8.42 Å². The summed E-state index contributed by atoms with van der Waals surface area (Å²) in [6, 6.07) is 0. The van der Waals surface area contributed by atoms with Crippen LogP contribution in [0.2, 0.25) is 13.1 Å². The first kappa shape index (κ1) is 18.1. The first-order valence-corrected chi connectivity index (χ1v) is 11.1. The van der Waals surface area contributed by atoms with E-state index in [0.717, 1.165) is 25.5 Å². The zero-order valence-corrected chi connectivity index (χ0v) is 14.5. The van der Waals surface area contributed by atoms with Crippen molar-refractivity contribution in [3.8, 4) is 0 Å². The van der Waals surface area contributed by atoms with E-state index < -0.39 is 25.4 Å². The highest BCUT2D eigenvalue weighted by Gasteiger charge is 2.18. The van der Waals surface area contributed by atoms with Crippen LogP contribution in [-0.4, -0.2) is 30.0 Å². The Labute approximate surface area is 114 Å². The summed E-state index contributed by atoms with van der Waals surface area (Å²) < 4.78 is 32.8. The summed E-state index contributed by atoms with van der Waals surface area (Å²) in [5.74, 6) is 0. The summed E-state index contributed by atoms with van der Waals surface area (Å²) in [5.41, 5.74) is 0.320. The second kappa shape index (κ2) is 7.62. The van der Waals surface area contributed by atoms with Gasteiger partial charge in [-0.3, -0.25) is 0 Å². The van der Waals surface area contributed by atoms with Crippen molar-refractivity contribution in [2.75, 3.05) is 6.26 Å². The standard InChI is InChI=1S/C12H28O4SSi/c1-12(2,3)10-8-7-9-11(16-18(5)6)15-17(4,13)14/h11,18H,7-10H2,1-6H3.